The lowest BCUT2D eigenvalue weighted by Gasteiger charge is -2.08. The molecule has 1 aromatic rings. The molecule has 1 saturated carbocycles. The molecule has 19 heavy (non-hydrogen) atoms. The van der Waals surface area contributed by atoms with Gasteiger partial charge in [0, 0.05) is 30.8 Å². The van der Waals surface area contributed by atoms with Crippen LogP contribution in [0.15, 0.2) is 6.07 Å². The van der Waals surface area contributed by atoms with Crippen LogP contribution in [0.2, 0.25) is 0 Å². The molecule has 1 aliphatic rings. The quantitative estimate of drug-likeness (QED) is 0.736. The third kappa shape index (κ3) is 4.85. The molecular weight excluding hydrogens is 240 g/mol. The zero-order valence-corrected chi connectivity index (χ0v) is 11.7. The Bertz CT molecular complexity index is 443. The SMILES string of the molecule is CCc1cc(NCCCC(=O)NC2CC2)nc(C)n1. The van der Waals surface area contributed by atoms with Gasteiger partial charge in [0.05, 0.1) is 0 Å². The number of aromatic nitrogens is 2. The number of hydrogen-bond acceptors (Lipinski definition) is 4. The van der Waals surface area contributed by atoms with Crippen LogP contribution in [0.5, 0.6) is 0 Å². The standard InChI is InChI=1S/C14H22N4O/c1-3-11-9-13(17-10(2)16-11)15-8-4-5-14(19)18-12-6-7-12/h9,12H,3-8H2,1-2H3,(H,18,19)(H,15,16,17). The maximum atomic E-state index is 11.5. The zero-order chi connectivity index (χ0) is 13.7. The van der Waals surface area contributed by atoms with E-state index in [-0.39, 0.29) is 5.91 Å². The van der Waals surface area contributed by atoms with E-state index >= 15 is 0 Å². The molecule has 0 unspecified atom stereocenters. The fourth-order valence-electron chi connectivity index (χ4n) is 1.89. The minimum atomic E-state index is 0.164. The monoisotopic (exact) mass is 262 g/mol. The second-order valence-corrected chi connectivity index (χ2v) is 5.02. The van der Waals surface area contributed by atoms with Crippen molar-refractivity contribution in [3.8, 4) is 0 Å². The summed E-state index contributed by atoms with van der Waals surface area (Å²) < 4.78 is 0. The summed E-state index contributed by atoms with van der Waals surface area (Å²) in [5.74, 6) is 1.80. The Morgan fingerprint density at radius 1 is 1.42 bits per heavy atom. The summed E-state index contributed by atoms with van der Waals surface area (Å²) in [6, 6.07) is 2.43. The van der Waals surface area contributed by atoms with Crippen molar-refractivity contribution in [2.45, 2.75) is 52.0 Å². The second kappa shape index (κ2) is 6.50. The molecule has 0 saturated heterocycles. The van der Waals surface area contributed by atoms with Crippen molar-refractivity contribution in [2.24, 2.45) is 0 Å². The van der Waals surface area contributed by atoms with E-state index in [0.717, 1.165) is 49.6 Å². The minimum absolute atomic E-state index is 0.164. The number of nitrogens with zero attached hydrogens (tertiary/aromatic N) is 2. The van der Waals surface area contributed by atoms with E-state index in [1.807, 2.05) is 13.0 Å². The Morgan fingerprint density at radius 3 is 2.89 bits per heavy atom. The molecule has 1 heterocycles. The average Bonchev–Trinajstić information content (AvgIpc) is 3.18. The first-order chi connectivity index (χ1) is 9.17. The molecule has 0 aromatic carbocycles. The average molecular weight is 262 g/mol. The van der Waals surface area contributed by atoms with Crippen molar-refractivity contribution in [2.75, 3.05) is 11.9 Å². The van der Waals surface area contributed by atoms with Crippen molar-refractivity contribution < 1.29 is 4.79 Å². The molecule has 2 rings (SSSR count). The van der Waals surface area contributed by atoms with Crippen molar-refractivity contribution >= 4 is 11.7 Å². The molecule has 1 aromatic heterocycles. The molecule has 0 radical (unpaired) electrons. The zero-order valence-electron chi connectivity index (χ0n) is 11.7. The molecule has 5 nitrogen and oxygen atoms in total. The Kier molecular flexibility index (Phi) is 4.71. The Labute approximate surface area is 114 Å². The highest BCUT2D eigenvalue weighted by Crippen LogP contribution is 2.18. The van der Waals surface area contributed by atoms with Gasteiger partial charge in [-0.15, -0.1) is 0 Å². The van der Waals surface area contributed by atoms with Crippen molar-refractivity contribution in [3.63, 3.8) is 0 Å². The molecule has 0 spiro atoms. The number of aryl methyl sites for hydroxylation is 2. The Balaban J connectivity index is 1.69. The van der Waals surface area contributed by atoms with Crippen LogP contribution in [0.25, 0.3) is 0 Å². The van der Waals surface area contributed by atoms with Crippen molar-refractivity contribution in [3.05, 3.63) is 17.6 Å². The maximum absolute atomic E-state index is 11.5. The summed E-state index contributed by atoms with van der Waals surface area (Å²) in [5, 5.41) is 6.24. The summed E-state index contributed by atoms with van der Waals surface area (Å²) in [7, 11) is 0. The molecule has 0 aliphatic heterocycles. The largest absolute Gasteiger partial charge is 0.370 e. The number of carbonyl (C=O) groups excluding carboxylic acids is 1. The summed E-state index contributed by atoms with van der Waals surface area (Å²) in [6.07, 6.45) is 4.59. The first-order valence-electron chi connectivity index (χ1n) is 7.05. The van der Waals surface area contributed by atoms with Crippen LogP contribution in [0.1, 0.15) is 44.1 Å². The molecule has 0 bridgehead atoms. The fraction of sp³-hybridized carbons (Fsp3) is 0.643. The van der Waals surface area contributed by atoms with Gasteiger partial charge in [-0.05, 0) is 32.6 Å². The van der Waals surface area contributed by atoms with Crippen LogP contribution < -0.4 is 10.6 Å². The highest BCUT2D eigenvalue weighted by molar-refractivity contribution is 5.76. The molecule has 104 valence electrons. The van der Waals surface area contributed by atoms with E-state index in [2.05, 4.69) is 27.5 Å². The van der Waals surface area contributed by atoms with Crippen LogP contribution in [0.3, 0.4) is 0 Å². The minimum Gasteiger partial charge on any atom is -0.370 e. The normalized spacial score (nSPS) is 14.2. The van der Waals surface area contributed by atoms with Gasteiger partial charge < -0.3 is 10.6 Å². The molecule has 5 heteroatoms. The van der Waals surface area contributed by atoms with Gasteiger partial charge in [-0.2, -0.15) is 0 Å². The van der Waals surface area contributed by atoms with E-state index in [1.54, 1.807) is 0 Å². The number of nitrogens with one attached hydrogen (secondary N) is 2. The smallest absolute Gasteiger partial charge is 0.220 e. The van der Waals surface area contributed by atoms with E-state index in [9.17, 15) is 4.79 Å². The predicted octanol–water partition coefficient (Wildman–Crippen LogP) is 1.82. The number of hydrogen-bond donors (Lipinski definition) is 2. The van der Waals surface area contributed by atoms with Gasteiger partial charge in [0.1, 0.15) is 11.6 Å². The lowest BCUT2D eigenvalue weighted by Crippen LogP contribution is -2.25. The van der Waals surface area contributed by atoms with E-state index < -0.39 is 0 Å². The van der Waals surface area contributed by atoms with Gasteiger partial charge in [0.25, 0.3) is 0 Å². The van der Waals surface area contributed by atoms with E-state index in [4.69, 9.17) is 0 Å². The molecule has 2 N–H and O–H groups in total. The number of carbonyl (C=O) groups is 1. The highest BCUT2D eigenvalue weighted by Gasteiger charge is 2.22. The third-order valence-electron chi connectivity index (χ3n) is 3.08. The molecule has 1 amide bonds. The maximum Gasteiger partial charge on any atom is 0.220 e. The summed E-state index contributed by atoms with van der Waals surface area (Å²) in [5.41, 5.74) is 1.04. The Hall–Kier alpha value is -1.65. The highest BCUT2D eigenvalue weighted by atomic mass is 16.1. The predicted molar refractivity (Wildman–Crippen MR) is 75.0 cm³/mol. The van der Waals surface area contributed by atoms with Crippen LogP contribution >= 0.6 is 0 Å². The van der Waals surface area contributed by atoms with Crippen LogP contribution in [-0.2, 0) is 11.2 Å². The summed E-state index contributed by atoms with van der Waals surface area (Å²) >= 11 is 0. The van der Waals surface area contributed by atoms with E-state index in [1.165, 1.54) is 0 Å². The van der Waals surface area contributed by atoms with Crippen LogP contribution in [0, 0.1) is 6.92 Å². The van der Waals surface area contributed by atoms with Crippen molar-refractivity contribution in [1.82, 2.24) is 15.3 Å². The third-order valence-corrected chi connectivity index (χ3v) is 3.08. The number of amides is 1. The second-order valence-electron chi connectivity index (χ2n) is 5.02. The summed E-state index contributed by atoms with van der Waals surface area (Å²) in [6.45, 7) is 4.74. The van der Waals surface area contributed by atoms with Crippen LogP contribution in [0.4, 0.5) is 5.82 Å². The fourth-order valence-corrected chi connectivity index (χ4v) is 1.89. The van der Waals surface area contributed by atoms with Crippen molar-refractivity contribution in [1.29, 1.82) is 0 Å². The van der Waals surface area contributed by atoms with E-state index in [0.29, 0.717) is 12.5 Å². The van der Waals surface area contributed by atoms with Gasteiger partial charge in [-0.1, -0.05) is 6.92 Å². The first kappa shape index (κ1) is 13.8. The van der Waals surface area contributed by atoms with Gasteiger partial charge in [-0.25, -0.2) is 9.97 Å². The number of rotatable bonds is 7. The van der Waals surface area contributed by atoms with Gasteiger partial charge in [-0.3, -0.25) is 4.79 Å². The lowest BCUT2D eigenvalue weighted by molar-refractivity contribution is -0.121. The first-order valence-corrected chi connectivity index (χ1v) is 7.05. The van der Waals surface area contributed by atoms with Gasteiger partial charge >= 0.3 is 0 Å². The van der Waals surface area contributed by atoms with Gasteiger partial charge in [0.15, 0.2) is 0 Å². The molecular formula is C14H22N4O. The number of anilines is 1. The molecule has 0 atom stereocenters. The Morgan fingerprint density at radius 2 is 2.21 bits per heavy atom. The molecule has 1 aliphatic carbocycles. The summed E-state index contributed by atoms with van der Waals surface area (Å²) in [4.78, 5) is 20.2. The molecule has 1 fully saturated rings. The lowest BCUT2D eigenvalue weighted by atomic mass is 10.3. The van der Waals surface area contributed by atoms with Crippen LogP contribution in [-0.4, -0.2) is 28.5 Å². The topological polar surface area (TPSA) is 66.9 Å². The van der Waals surface area contributed by atoms with Gasteiger partial charge in [0.2, 0.25) is 5.91 Å².